The third kappa shape index (κ3) is 5.43. The van der Waals surface area contributed by atoms with Crippen LogP contribution in [0, 0.1) is 0 Å². The van der Waals surface area contributed by atoms with Crippen molar-refractivity contribution >= 4 is 6.34 Å². The van der Waals surface area contributed by atoms with Crippen LogP contribution in [0.25, 0.3) is 0 Å². The zero-order chi connectivity index (χ0) is 5.70. The molecule has 0 saturated heterocycles. The van der Waals surface area contributed by atoms with Gasteiger partial charge in [-0.1, -0.05) is 0 Å². The van der Waals surface area contributed by atoms with Crippen molar-refractivity contribution in [2.24, 2.45) is 10.8 Å². The van der Waals surface area contributed by atoms with Gasteiger partial charge in [0.2, 0.25) is 0 Å². The van der Waals surface area contributed by atoms with Crippen molar-refractivity contribution in [3.63, 3.8) is 0 Å². The Balaban J connectivity index is 3.08. The molecule has 0 aliphatic rings. The standard InChI is InChI=1S/C4H11N3/c1-3-6-4-7(2)5/h4H,3,5H2,1-2H3. The fraction of sp³-hybridized carbons (Fsp3) is 0.750. The Morgan fingerprint density at radius 2 is 2.43 bits per heavy atom. The van der Waals surface area contributed by atoms with Gasteiger partial charge in [0.05, 0.1) is 6.34 Å². The van der Waals surface area contributed by atoms with E-state index >= 15 is 0 Å². The summed E-state index contributed by atoms with van der Waals surface area (Å²) in [7, 11) is 1.74. The van der Waals surface area contributed by atoms with Gasteiger partial charge in [0.25, 0.3) is 0 Å². The summed E-state index contributed by atoms with van der Waals surface area (Å²) in [6.45, 7) is 2.75. The zero-order valence-corrected chi connectivity index (χ0v) is 4.76. The van der Waals surface area contributed by atoms with Crippen LogP contribution in [0.4, 0.5) is 0 Å². The lowest BCUT2D eigenvalue weighted by Gasteiger charge is -1.99. The minimum Gasteiger partial charge on any atom is -0.304 e. The quantitative estimate of drug-likeness (QED) is 0.227. The second-order valence-corrected chi connectivity index (χ2v) is 1.28. The van der Waals surface area contributed by atoms with Crippen molar-refractivity contribution in [2.75, 3.05) is 13.6 Å². The highest BCUT2D eigenvalue weighted by Gasteiger charge is 1.70. The molecule has 0 aliphatic carbocycles. The predicted molar refractivity (Wildman–Crippen MR) is 31.0 cm³/mol. The highest BCUT2D eigenvalue weighted by molar-refractivity contribution is 5.53. The van der Waals surface area contributed by atoms with Gasteiger partial charge in [-0.15, -0.1) is 0 Å². The van der Waals surface area contributed by atoms with Crippen LogP contribution in [-0.4, -0.2) is 24.9 Å². The number of hydrazine groups is 1. The Morgan fingerprint density at radius 3 is 2.57 bits per heavy atom. The molecule has 0 amide bonds. The Morgan fingerprint density at radius 1 is 1.86 bits per heavy atom. The van der Waals surface area contributed by atoms with E-state index in [4.69, 9.17) is 5.84 Å². The van der Waals surface area contributed by atoms with Crippen molar-refractivity contribution in [3.8, 4) is 0 Å². The lowest BCUT2D eigenvalue weighted by atomic mass is 10.8. The summed E-state index contributed by atoms with van der Waals surface area (Å²) in [6.07, 6.45) is 1.58. The number of aliphatic imine (C=N–C) groups is 1. The van der Waals surface area contributed by atoms with Gasteiger partial charge in [-0.05, 0) is 6.92 Å². The SMILES string of the molecule is CCN=CN(C)N. The smallest absolute Gasteiger partial charge is 0.0987 e. The van der Waals surface area contributed by atoms with E-state index in [1.54, 1.807) is 13.4 Å². The van der Waals surface area contributed by atoms with E-state index < -0.39 is 0 Å². The Bertz CT molecular complexity index is 58.0. The highest BCUT2D eigenvalue weighted by Crippen LogP contribution is 1.62. The van der Waals surface area contributed by atoms with Crippen LogP contribution in [0.3, 0.4) is 0 Å². The van der Waals surface area contributed by atoms with Crippen molar-refractivity contribution in [2.45, 2.75) is 6.92 Å². The van der Waals surface area contributed by atoms with Gasteiger partial charge in [0.15, 0.2) is 0 Å². The first-order valence-electron chi connectivity index (χ1n) is 2.25. The Hall–Kier alpha value is -0.570. The van der Waals surface area contributed by atoms with Crippen LogP contribution in [0.5, 0.6) is 0 Å². The molecule has 42 valence electrons. The topological polar surface area (TPSA) is 41.6 Å². The molecule has 0 rings (SSSR count). The number of rotatable bonds is 2. The molecule has 0 aromatic heterocycles. The average molecular weight is 101 g/mol. The summed E-state index contributed by atoms with van der Waals surface area (Å²) in [4.78, 5) is 3.85. The molecule has 0 bridgehead atoms. The van der Waals surface area contributed by atoms with E-state index in [9.17, 15) is 0 Å². The van der Waals surface area contributed by atoms with E-state index in [1.165, 1.54) is 5.01 Å². The lowest BCUT2D eigenvalue weighted by molar-refractivity contribution is 0.554. The summed E-state index contributed by atoms with van der Waals surface area (Å²) in [5, 5.41) is 1.42. The molecule has 3 heteroatoms. The van der Waals surface area contributed by atoms with E-state index in [1.807, 2.05) is 6.92 Å². The van der Waals surface area contributed by atoms with E-state index in [0.717, 1.165) is 6.54 Å². The zero-order valence-electron chi connectivity index (χ0n) is 4.76. The summed E-state index contributed by atoms with van der Waals surface area (Å²) >= 11 is 0. The molecule has 0 aromatic rings. The molecular weight excluding hydrogens is 90.1 g/mol. The molecule has 3 nitrogen and oxygen atoms in total. The van der Waals surface area contributed by atoms with Gasteiger partial charge < -0.3 is 5.01 Å². The number of nitrogens with two attached hydrogens (primary N) is 1. The van der Waals surface area contributed by atoms with Crippen LogP contribution in [0.15, 0.2) is 4.99 Å². The molecule has 0 spiro atoms. The van der Waals surface area contributed by atoms with E-state index in [0.29, 0.717) is 0 Å². The largest absolute Gasteiger partial charge is 0.304 e. The molecule has 7 heavy (non-hydrogen) atoms. The van der Waals surface area contributed by atoms with Crippen molar-refractivity contribution in [1.29, 1.82) is 0 Å². The molecule has 0 fully saturated rings. The van der Waals surface area contributed by atoms with Gasteiger partial charge in [-0.3, -0.25) is 4.99 Å². The van der Waals surface area contributed by atoms with Crippen molar-refractivity contribution in [3.05, 3.63) is 0 Å². The van der Waals surface area contributed by atoms with Gasteiger partial charge >= 0.3 is 0 Å². The molecular formula is C4H11N3. The number of hydrogen-bond donors (Lipinski definition) is 1. The molecule has 0 aliphatic heterocycles. The van der Waals surface area contributed by atoms with Crippen LogP contribution in [0.2, 0.25) is 0 Å². The highest BCUT2D eigenvalue weighted by atomic mass is 15.4. The maximum Gasteiger partial charge on any atom is 0.0987 e. The van der Waals surface area contributed by atoms with Gasteiger partial charge in [0.1, 0.15) is 0 Å². The van der Waals surface area contributed by atoms with Crippen molar-refractivity contribution < 1.29 is 0 Å². The monoisotopic (exact) mass is 101 g/mol. The molecule has 0 heterocycles. The Labute approximate surface area is 43.8 Å². The third-order valence-corrected chi connectivity index (χ3v) is 0.446. The minimum atomic E-state index is 0.793. The van der Waals surface area contributed by atoms with Crippen LogP contribution in [0.1, 0.15) is 6.92 Å². The molecule has 0 radical (unpaired) electrons. The normalized spacial score (nSPS) is 10.1. The van der Waals surface area contributed by atoms with Gasteiger partial charge in [-0.25, -0.2) is 5.84 Å². The second kappa shape index (κ2) is 3.61. The molecule has 0 unspecified atom stereocenters. The molecule has 2 N–H and O–H groups in total. The van der Waals surface area contributed by atoms with E-state index in [-0.39, 0.29) is 0 Å². The van der Waals surface area contributed by atoms with Crippen LogP contribution in [-0.2, 0) is 0 Å². The summed E-state index contributed by atoms with van der Waals surface area (Å²) in [5.74, 6) is 5.16. The van der Waals surface area contributed by atoms with Crippen LogP contribution < -0.4 is 5.84 Å². The molecule has 0 aromatic carbocycles. The van der Waals surface area contributed by atoms with Crippen LogP contribution >= 0.6 is 0 Å². The average Bonchev–Trinajstić information content (AvgIpc) is 1.61. The minimum absolute atomic E-state index is 0.793. The maximum absolute atomic E-state index is 5.16. The first-order chi connectivity index (χ1) is 3.27. The summed E-state index contributed by atoms with van der Waals surface area (Å²) in [5.41, 5.74) is 0. The summed E-state index contributed by atoms with van der Waals surface area (Å²) < 4.78 is 0. The molecule has 0 saturated carbocycles. The maximum atomic E-state index is 5.16. The first kappa shape index (κ1) is 6.43. The van der Waals surface area contributed by atoms with Crippen molar-refractivity contribution in [1.82, 2.24) is 5.01 Å². The fourth-order valence-electron chi connectivity index (χ4n) is 0.210. The lowest BCUT2D eigenvalue weighted by Crippen LogP contribution is -2.23. The first-order valence-corrected chi connectivity index (χ1v) is 2.25. The van der Waals surface area contributed by atoms with Gasteiger partial charge in [-0.2, -0.15) is 0 Å². The Kier molecular flexibility index (Phi) is 3.32. The summed E-state index contributed by atoms with van der Waals surface area (Å²) in [6, 6.07) is 0. The number of hydrogen-bond acceptors (Lipinski definition) is 2. The molecule has 0 atom stereocenters. The second-order valence-electron chi connectivity index (χ2n) is 1.28. The van der Waals surface area contributed by atoms with Gasteiger partial charge in [0, 0.05) is 13.6 Å². The third-order valence-electron chi connectivity index (χ3n) is 0.446. The van der Waals surface area contributed by atoms with E-state index in [2.05, 4.69) is 4.99 Å². The fourth-order valence-corrected chi connectivity index (χ4v) is 0.210. The predicted octanol–water partition coefficient (Wildman–Crippen LogP) is -0.160. The number of nitrogens with zero attached hydrogens (tertiary/aromatic N) is 2.